The van der Waals surface area contributed by atoms with Gasteiger partial charge >= 0.3 is 0 Å². The lowest BCUT2D eigenvalue weighted by Crippen LogP contribution is -2.36. The lowest BCUT2D eigenvalue weighted by atomic mass is 10.1. The molecule has 1 aliphatic heterocycles. The third kappa shape index (κ3) is 1.67. The minimum atomic E-state index is 0.584. The van der Waals surface area contributed by atoms with Gasteiger partial charge in [0.2, 0.25) is 5.75 Å². The SMILES string of the molecule is COc1cc2c(c(OC)c1OC)=C(c1cncs1)N=2. The number of hydrogen-bond donors (Lipinski definition) is 0. The van der Waals surface area contributed by atoms with Gasteiger partial charge in [0.1, 0.15) is 0 Å². The van der Waals surface area contributed by atoms with Gasteiger partial charge in [-0.15, -0.1) is 11.3 Å². The van der Waals surface area contributed by atoms with E-state index >= 15 is 0 Å². The summed E-state index contributed by atoms with van der Waals surface area (Å²) in [6.07, 6.45) is 1.79. The van der Waals surface area contributed by atoms with Crippen molar-refractivity contribution in [2.45, 2.75) is 0 Å². The molecule has 0 bridgehead atoms. The van der Waals surface area contributed by atoms with Crippen LogP contribution in [-0.4, -0.2) is 26.3 Å². The Bertz CT molecular complexity index is 738. The molecule has 0 saturated carbocycles. The van der Waals surface area contributed by atoms with Gasteiger partial charge in [-0.25, -0.2) is 4.99 Å². The van der Waals surface area contributed by atoms with E-state index in [-0.39, 0.29) is 0 Å². The molecule has 1 aliphatic rings. The topological polar surface area (TPSA) is 52.9 Å². The first-order valence-electron chi connectivity index (χ1n) is 5.61. The number of thiazole rings is 1. The van der Waals surface area contributed by atoms with Crippen molar-refractivity contribution in [2.24, 2.45) is 4.99 Å². The maximum absolute atomic E-state index is 5.47. The zero-order valence-corrected chi connectivity index (χ0v) is 11.6. The van der Waals surface area contributed by atoms with Gasteiger partial charge in [-0.3, -0.25) is 4.98 Å². The molecule has 1 aromatic carbocycles. The van der Waals surface area contributed by atoms with Gasteiger partial charge in [0.15, 0.2) is 11.5 Å². The van der Waals surface area contributed by atoms with Gasteiger partial charge in [-0.2, -0.15) is 0 Å². The van der Waals surface area contributed by atoms with Gasteiger partial charge in [0, 0.05) is 12.3 Å². The fraction of sp³-hybridized carbons (Fsp3) is 0.231. The van der Waals surface area contributed by atoms with E-state index in [2.05, 4.69) is 9.98 Å². The summed E-state index contributed by atoms with van der Waals surface area (Å²) in [6, 6.07) is 1.85. The second kappa shape index (κ2) is 4.55. The molecular formula is C13H12N2O3S. The van der Waals surface area contributed by atoms with Crippen molar-refractivity contribution < 1.29 is 14.2 Å². The summed E-state index contributed by atoms with van der Waals surface area (Å²) < 4.78 is 16.1. The summed E-state index contributed by atoms with van der Waals surface area (Å²) in [5.74, 6) is 1.85. The van der Waals surface area contributed by atoms with Crippen LogP contribution in [0.25, 0.3) is 5.70 Å². The smallest absolute Gasteiger partial charge is 0.204 e. The normalized spacial score (nSPS) is 12.3. The molecule has 0 atom stereocenters. The van der Waals surface area contributed by atoms with Gasteiger partial charge in [0.25, 0.3) is 0 Å². The molecule has 5 nitrogen and oxygen atoms in total. The van der Waals surface area contributed by atoms with Crippen LogP contribution in [0.15, 0.2) is 22.8 Å². The molecule has 98 valence electrons. The second-order valence-electron chi connectivity index (χ2n) is 3.87. The summed E-state index contributed by atoms with van der Waals surface area (Å²) >= 11 is 1.54. The Morgan fingerprint density at radius 2 is 1.84 bits per heavy atom. The average molecular weight is 276 g/mol. The van der Waals surface area contributed by atoms with Crippen LogP contribution in [0.5, 0.6) is 17.2 Å². The highest BCUT2D eigenvalue weighted by Crippen LogP contribution is 2.34. The lowest BCUT2D eigenvalue weighted by molar-refractivity contribution is 0.321. The number of hydrogen-bond acceptors (Lipinski definition) is 6. The molecule has 2 heterocycles. The molecule has 0 N–H and O–H groups in total. The Balaban J connectivity index is 2.32. The molecule has 0 spiro atoms. The highest BCUT2D eigenvalue weighted by molar-refractivity contribution is 7.10. The second-order valence-corrected chi connectivity index (χ2v) is 4.75. The van der Waals surface area contributed by atoms with E-state index in [1.165, 1.54) is 0 Å². The summed E-state index contributed by atoms with van der Waals surface area (Å²) in [7, 11) is 4.80. The van der Waals surface area contributed by atoms with E-state index in [0.717, 1.165) is 21.2 Å². The van der Waals surface area contributed by atoms with E-state index in [4.69, 9.17) is 14.2 Å². The van der Waals surface area contributed by atoms with Crippen molar-refractivity contribution in [1.82, 2.24) is 4.98 Å². The van der Waals surface area contributed by atoms with E-state index < -0.39 is 0 Å². The number of fused-ring (bicyclic) bond motifs is 1. The van der Waals surface area contributed by atoms with Gasteiger partial charge in [-0.05, 0) is 0 Å². The van der Waals surface area contributed by atoms with E-state index in [9.17, 15) is 0 Å². The largest absolute Gasteiger partial charge is 0.493 e. The monoisotopic (exact) mass is 276 g/mol. The van der Waals surface area contributed by atoms with E-state index in [0.29, 0.717) is 17.2 Å². The summed E-state index contributed by atoms with van der Waals surface area (Å²) in [4.78, 5) is 9.57. The molecular weight excluding hydrogens is 264 g/mol. The van der Waals surface area contributed by atoms with Crippen molar-refractivity contribution in [1.29, 1.82) is 0 Å². The number of benzene rings is 1. The van der Waals surface area contributed by atoms with Crippen LogP contribution in [-0.2, 0) is 0 Å². The Hall–Kier alpha value is -2.08. The maximum atomic E-state index is 5.47. The standard InChI is InChI=1S/C13H12N2O3S/c1-16-8-4-7-10(13(18-3)12(8)17-2)11(15-7)9-5-14-6-19-9/h4-6H,1-3H3. The lowest BCUT2D eigenvalue weighted by Gasteiger charge is -2.17. The molecule has 3 rings (SSSR count). The molecule has 6 heteroatoms. The summed E-state index contributed by atoms with van der Waals surface area (Å²) in [5, 5.41) is 1.79. The minimum Gasteiger partial charge on any atom is -0.493 e. The summed E-state index contributed by atoms with van der Waals surface area (Å²) in [6.45, 7) is 0. The summed E-state index contributed by atoms with van der Waals surface area (Å²) in [5.41, 5.74) is 2.67. The predicted octanol–water partition coefficient (Wildman–Crippen LogP) is 0.959. The zero-order chi connectivity index (χ0) is 13.4. The van der Waals surface area contributed by atoms with Crippen LogP contribution in [0.2, 0.25) is 0 Å². The van der Waals surface area contributed by atoms with Crippen molar-refractivity contribution in [3.8, 4) is 17.2 Å². The molecule has 0 aliphatic carbocycles. The number of methoxy groups -OCH3 is 3. The molecule has 2 aromatic rings. The first-order chi connectivity index (χ1) is 9.30. The Morgan fingerprint density at radius 3 is 2.42 bits per heavy atom. The zero-order valence-electron chi connectivity index (χ0n) is 10.8. The molecule has 0 fully saturated rings. The number of rotatable bonds is 4. The Morgan fingerprint density at radius 1 is 1.05 bits per heavy atom. The predicted molar refractivity (Wildman–Crippen MR) is 71.5 cm³/mol. The Kier molecular flexibility index (Phi) is 2.87. The van der Waals surface area contributed by atoms with Gasteiger partial charge < -0.3 is 14.2 Å². The third-order valence-corrected chi connectivity index (χ3v) is 3.72. The number of aromatic nitrogens is 1. The molecule has 19 heavy (non-hydrogen) atoms. The molecule has 0 saturated heterocycles. The van der Waals surface area contributed by atoms with Crippen LogP contribution in [0.4, 0.5) is 0 Å². The van der Waals surface area contributed by atoms with Gasteiger partial charge in [-0.1, -0.05) is 0 Å². The highest BCUT2D eigenvalue weighted by atomic mass is 32.1. The van der Waals surface area contributed by atoms with Crippen LogP contribution < -0.4 is 24.8 Å². The molecule has 0 radical (unpaired) electrons. The van der Waals surface area contributed by atoms with Crippen molar-refractivity contribution >= 4 is 17.0 Å². The molecule has 0 unspecified atom stereocenters. The van der Waals surface area contributed by atoms with Crippen molar-refractivity contribution in [3.05, 3.63) is 33.2 Å². The molecule has 1 aromatic heterocycles. The quantitative estimate of drug-likeness (QED) is 0.834. The maximum Gasteiger partial charge on any atom is 0.204 e. The third-order valence-electron chi connectivity index (χ3n) is 2.94. The average Bonchev–Trinajstić information content (AvgIpc) is 2.92. The first-order valence-corrected chi connectivity index (χ1v) is 6.49. The van der Waals surface area contributed by atoms with E-state index in [1.807, 2.05) is 6.07 Å². The fourth-order valence-corrected chi connectivity index (χ4v) is 2.71. The van der Waals surface area contributed by atoms with Gasteiger partial charge in [0.05, 0.1) is 48.0 Å². The van der Waals surface area contributed by atoms with Crippen LogP contribution in [0, 0.1) is 0 Å². The fourth-order valence-electron chi connectivity index (χ4n) is 2.09. The first kappa shape index (κ1) is 12.0. The van der Waals surface area contributed by atoms with Crippen LogP contribution >= 0.6 is 11.3 Å². The highest BCUT2D eigenvalue weighted by Gasteiger charge is 2.22. The van der Waals surface area contributed by atoms with Crippen molar-refractivity contribution in [3.63, 3.8) is 0 Å². The van der Waals surface area contributed by atoms with Crippen LogP contribution in [0.1, 0.15) is 4.88 Å². The Labute approximate surface area is 113 Å². The molecule has 0 amide bonds. The van der Waals surface area contributed by atoms with Crippen LogP contribution in [0.3, 0.4) is 0 Å². The van der Waals surface area contributed by atoms with Crippen molar-refractivity contribution in [2.75, 3.05) is 21.3 Å². The van der Waals surface area contributed by atoms with E-state index in [1.54, 1.807) is 44.4 Å². The number of ether oxygens (including phenoxy) is 3. The number of nitrogens with zero attached hydrogens (tertiary/aromatic N) is 2. The minimum absolute atomic E-state index is 0.584.